The highest BCUT2D eigenvalue weighted by Gasteiger charge is 2.14. The van der Waals surface area contributed by atoms with Gasteiger partial charge < -0.3 is 4.98 Å². The SMILES string of the molecule is CC(C)c1cc(C(C)C)c2[nH]cc(F)c2n1. The van der Waals surface area contributed by atoms with E-state index in [4.69, 9.17) is 0 Å². The smallest absolute Gasteiger partial charge is 0.166 e. The van der Waals surface area contributed by atoms with E-state index in [9.17, 15) is 4.39 Å². The maximum atomic E-state index is 13.5. The van der Waals surface area contributed by atoms with Crippen LogP contribution in [0, 0.1) is 5.82 Å². The zero-order valence-corrected chi connectivity index (χ0v) is 10.1. The minimum absolute atomic E-state index is 0.264. The molecule has 16 heavy (non-hydrogen) atoms. The van der Waals surface area contributed by atoms with Gasteiger partial charge in [-0.1, -0.05) is 27.7 Å². The summed E-state index contributed by atoms with van der Waals surface area (Å²) in [5.74, 6) is 0.414. The summed E-state index contributed by atoms with van der Waals surface area (Å²) >= 11 is 0. The summed E-state index contributed by atoms with van der Waals surface area (Å²) in [4.78, 5) is 7.34. The number of rotatable bonds is 2. The summed E-state index contributed by atoms with van der Waals surface area (Å²) in [6, 6.07) is 2.08. The molecule has 2 rings (SSSR count). The van der Waals surface area contributed by atoms with E-state index in [1.54, 1.807) is 0 Å². The van der Waals surface area contributed by atoms with Crippen molar-refractivity contribution < 1.29 is 4.39 Å². The molecule has 0 aliphatic carbocycles. The van der Waals surface area contributed by atoms with Crippen LogP contribution in [0.25, 0.3) is 11.0 Å². The van der Waals surface area contributed by atoms with E-state index in [1.807, 2.05) is 0 Å². The number of aromatic amines is 1. The second kappa shape index (κ2) is 3.89. The molecule has 0 atom stereocenters. The molecule has 2 aromatic heterocycles. The van der Waals surface area contributed by atoms with Gasteiger partial charge in [-0.15, -0.1) is 0 Å². The second-order valence-corrected chi connectivity index (χ2v) is 4.81. The van der Waals surface area contributed by atoms with E-state index in [-0.39, 0.29) is 5.82 Å². The van der Waals surface area contributed by atoms with Crippen molar-refractivity contribution in [1.29, 1.82) is 0 Å². The van der Waals surface area contributed by atoms with Crippen LogP contribution in [0.5, 0.6) is 0 Å². The number of halogens is 1. The molecule has 0 spiro atoms. The van der Waals surface area contributed by atoms with E-state index in [0.29, 0.717) is 17.4 Å². The van der Waals surface area contributed by atoms with Gasteiger partial charge in [0.2, 0.25) is 0 Å². The van der Waals surface area contributed by atoms with Gasteiger partial charge in [0.1, 0.15) is 5.52 Å². The fourth-order valence-corrected chi connectivity index (χ4v) is 1.86. The summed E-state index contributed by atoms with van der Waals surface area (Å²) in [5, 5.41) is 0. The third-order valence-corrected chi connectivity index (χ3v) is 2.85. The Hall–Kier alpha value is -1.38. The maximum Gasteiger partial charge on any atom is 0.166 e. The Morgan fingerprint density at radius 3 is 2.44 bits per heavy atom. The molecule has 0 aromatic carbocycles. The standard InChI is InChI=1S/C13H17FN2/c1-7(2)9-5-11(8(3)4)16-13-10(14)6-15-12(9)13/h5-8,15H,1-4H3. The molecule has 0 amide bonds. The molecule has 0 aliphatic rings. The van der Waals surface area contributed by atoms with Gasteiger partial charge in [-0.2, -0.15) is 0 Å². The van der Waals surface area contributed by atoms with E-state index >= 15 is 0 Å². The van der Waals surface area contributed by atoms with Crippen LogP contribution in [-0.2, 0) is 0 Å². The van der Waals surface area contributed by atoms with Crippen LogP contribution in [0.4, 0.5) is 4.39 Å². The molecule has 0 bridgehead atoms. The highest BCUT2D eigenvalue weighted by Crippen LogP contribution is 2.28. The number of hydrogen-bond acceptors (Lipinski definition) is 1. The number of hydrogen-bond donors (Lipinski definition) is 1. The Labute approximate surface area is 94.9 Å². The minimum atomic E-state index is -0.264. The Morgan fingerprint density at radius 2 is 1.88 bits per heavy atom. The first-order valence-electron chi connectivity index (χ1n) is 5.68. The summed E-state index contributed by atoms with van der Waals surface area (Å²) in [6.07, 6.45) is 1.38. The Bertz CT molecular complexity index is 512. The lowest BCUT2D eigenvalue weighted by molar-refractivity contribution is 0.635. The highest BCUT2D eigenvalue weighted by molar-refractivity contribution is 5.80. The summed E-state index contributed by atoms with van der Waals surface area (Å²) in [5.41, 5.74) is 3.39. The Morgan fingerprint density at radius 1 is 1.19 bits per heavy atom. The number of pyridine rings is 1. The van der Waals surface area contributed by atoms with Gasteiger partial charge in [0.05, 0.1) is 5.52 Å². The third-order valence-electron chi connectivity index (χ3n) is 2.85. The molecule has 86 valence electrons. The minimum Gasteiger partial charge on any atom is -0.357 e. The maximum absolute atomic E-state index is 13.5. The second-order valence-electron chi connectivity index (χ2n) is 4.81. The molecule has 0 aliphatic heterocycles. The molecule has 0 fully saturated rings. The van der Waals surface area contributed by atoms with Gasteiger partial charge in [-0.25, -0.2) is 9.37 Å². The highest BCUT2D eigenvalue weighted by atomic mass is 19.1. The third kappa shape index (κ3) is 1.70. The molecule has 0 saturated heterocycles. The van der Waals surface area contributed by atoms with Crippen molar-refractivity contribution in [3.05, 3.63) is 29.3 Å². The predicted octanol–water partition coefficient (Wildman–Crippen LogP) is 3.95. The largest absolute Gasteiger partial charge is 0.357 e. The zero-order valence-electron chi connectivity index (χ0n) is 10.1. The molecule has 0 radical (unpaired) electrons. The predicted molar refractivity (Wildman–Crippen MR) is 64.2 cm³/mol. The quantitative estimate of drug-likeness (QED) is 0.815. The number of H-pyrrole nitrogens is 1. The Balaban J connectivity index is 2.75. The van der Waals surface area contributed by atoms with Crippen LogP contribution in [0.2, 0.25) is 0 Å². The van der Waals surface area contributed by atoms with Crippen LogP contribution in [-0.4, -0.2) is 9.97 Å². The molecule has 1 N–H and O–H groups in total. The van der Waals surface area contributed by atoms with Gasteiger partial charge >= 0.3 is 0 Å². The van der Waals surface area contributed by atoms with Crippen molar-refractivity contribution in [1.82, 2.24) is 9.97 Å². The van der Waals surface area contributed by atoms with Crippen LogP contribution in [0.1, 0.15) is 50.8 Å². The molecular weight excluding hydrogens is 203 g/mol. The molecule has 0 saturated carbocycles. The van der Waals surface area contributed by atoms with Crippen LogP contribution in [0.3, 0.4) is 0 Å². The molecular formula is C13H17FN2. The normalized spacial score (nSPS) is 11.9. The van der Waals surface area contributed by atoms with Gasteiger partial charge in [0, 0.05) is 11.9 Å². The van der Waals surface area contributed by atoms with Gasteiger partial charge in [-0.3, -0.25) is 0 Å². The summed E-state index contributed by atoms with van der Waals surface area (Å²) < 4.78 is 13.5. The molecule has 0 unspecified atom stereocenters. The molecule has 2 aromatic rings. The lowest BCUT2D eigenvalue weighted by Gasteiger charge is -2.11. The lowest BCUT2D eigenvalue weighted by atomic mass is 9.99. The number of nitrogens with one attached hydrogen (secondary N) is 1. The lowest BCUT2D eigenvalue weighted by Crippen LogP contribution is -1.98. The van der Waals surface area contributed by atoms with Crippen molar-refractivity contribution in [3.63, 3.8) is 0 Å². The molecule has 2 heterocycles. The average molecular weight is 220 g/mol. The van der Waals surface area contributed by atoms with E-state index in [0.717, 1.165) is 16.8 Å². The van der Waals surface area contributed by atoms with E-state index in [2.05, 4.69) is 43.7 Å². The summed E-state index contributed by atoms with van der Waals surface area (Å²) in [6.45, 7) is 8.36. The van der Waals surface area contributed by atoms with Crippen LogP contribution >= 0.6 is 0 Å². The molecule has 3 heteroatoms. The zero-order chi connectivity index (χ0) is 11.9. The monoisotopic (exact) mass is 220 g/mol. The number of fused-ring (bicyclic) bond motifs is 1. The Kier molecular flexibility index (Phi) is 2.70. The topological polar surface area (TPSA) is 28.7 Å². The molecule has 2 nitrogen and oxygen atoms in total. The number of nitrogens with zero attached hydrogens (tertiary/aromatic N) is 1. The van der Waals surface area contributed by atoms with Crippen molar-refractivity contribution in [2.45, 2.75) is 39.5 Å². The van der Waals surface area contributed by atoms with Crippen molar-refractivity contribution in [2.75, 3.05) is 0 Å². The van der Waals surface area contributed by atoms with E-state index < -0.39 is 0 Å². The fraction of sp³-hybridized carbons (Fsp3) is 0.462. The fourth-order valence-electron chi connectivity index (χ4n) is 1.86. The first-order chi connectivity index (χ1) is 7.50. The van der Waals surface area contributed by atoms with Gasteiger partial charge in [0.15, 0.2) is 5.82 Å². The van der Waals surface area contributed by atoms with E-state index in [1.165, 1.54) is 6.20 Å². The van der Waals surface area contributed by atoms with Gasteiger partial charge in [-0.05, 0) is 23.5 Å². The summed E-state index contributed by atoms with van der Waals surface area (Å²) in [7, 11) is 0. The van der Waals surface area contributed by atoms with Gasteiger partial charge in [0.25, 0.3) is 0 Å². The van der Waals surface area contributed by atoms with Crippen molar-refractivity contribution in [3.8, 4) is 0 Å². The first-order valence-corrected chi connectivity index (χ1v) is 5.68. The first kappa shape index (κ1) is 11.1. The average Bonchev–Trinajstić information content (AvgIpc) is 2.59. The van der Waals surface area contributed by atoms with Crippen molar-refractivity contribution >= 4 is 11.0 Å². The number of aromatic nitrogens is 2. The van der Waals surface area contributed by atoms with Crippen LogP contribution < -0.4 is 0 Å². The van der Waals surface area contributed by atoms with Crippen LogP contribution in [0.15, 0.2) is 12.3 Å². The van der Waals surface area contributed by atoms with Crippen molar-refractivity contribution in [2.24, 2.45) is 0 Å².